The third kappa shape index (κ3) is 4.11. The van der Waals surface area contributed by atoms with Gasteiger partial charge in [-0.2, -0.15) is 5.10 Å². The van der Waals surface area contributed by atoms with E-state index in [9.17, 15) is 9.59 Å². The SMILES string of the molecule is CC(=O)Nc1cc(C(=O)NCc2ccccc2)nn1-c1ccccc1. The van der Waals surface area contributed by atoms with Gasteiger partial charge in [0.15, 0.2) is 5.69 Å². The smallest absolute Gasteiger partial charge is 0.272 e. The molecule has 0 saturated heterocycles. The fraction of sp³-hybridized carbons (Fsp3) is 0.105. The number of nitrogens with one attached hydrogen (secondary N) is 2. The molecule has 1 heterocycles. The second-order valence-electron chi connectivity index (χ2n) is 5.51. The van der Waals surface area contributed by atoms with E-state index in [2.05, 4.69) is 15.7 Å². The van der Waals surface area contributed by atoms with Gasteiger partial charge in [-0.3, -0.25) is 9.59 Å². The monoisotopic (exact) mass is 334 g/mol. The van der Waals surface area contributed by atoms with Crippen molar-refractivity contribution in [2.24, 2.45) is 0 Å². The van der Waals surface area contributed by atoms with Crippen molar-refractivity contribution < 1.29 is 9.59 Å². The van der Waals surface area contributed by atoms with E-state index in [1.54, 1.807) is 10.7 Å². The third-order valence-corrected chi connectivity index (χ3v) is 3.54. The van der Waals surface area contributed by atoms with Gasteiger partial charge >= 0.3 is 0 Å². The highest BCUT2D eigenvalue weighted by molar-refractivity contribution is 5.95. The third-order valence-electron chi connectivity index (χ3n) is 3.54. The number of rotatable bonds is 5. The standard InChI is InChI=1S/C19H18N4O2/c1-14(24)21-18-12-17(22-23(18)16-10-6-3-7-11-16)19(25)20-13-15-8-4-2-5-9-15/h2-12H,13H2,1H3,(H,20,25)(H,21,24). The Balaban J connectivity index is 1.82. The Hall–Kier alpha value is -3.41. The summed E-state index contributed by atoms with van der Waals surface area (Å²) in [6, 6.07) is 20.5. The summed E-state index contributed by atoms with van der Waals surface area (Å²) in [5.74, 6) is -0.0815. The summed E-state index contributed by atoms with van der Waals surface area (Å²) >= 11 is 0. The molecule has 25 heavy (non-hydrogen) atoms. The largest absolute Gasteiger partial charge is 0.347 e. The molecule has 1 aromatic heterocycles. The van der Waals surface area contributed by atoms with E-state index < -0.39 is 0 Å². The summed E-state index contributed by atoms with van der Waals surface area (Å²) < 4.78 is 1.54. The Morgan fingerprint density at radius 3 is 2.28 bits per heavy atom. The molecule has 0 aliphatic heterocycles. The molecule has 0 spiro atoms. The van der Waals surface area contributed by atoms with Gasteiger partial charge in [0, 0.05) is 19.5 Å². The highest BCUT2D eigenvalue weighted by atomic mass is 16.2. The molecule has 0 unspecified atom stereocenters. The first-order valence-corrected chi connectivity index (χ1v) is 7.88. The van der Waals surface area contributed by atoms with Gasteiger partial charge < -0.3 is 10.6 Å². The van der Waals surface area contributed by atoms with Crippen LogP contribution in [0.15, 0.2) is 66.7 Å². The fourth-order valence-electron chi connectivity index (χ4n) is 2.40. The number of benzene rings is 2. The lowest BCUT2D eigenvalue weighted by Crippen LogP contribution is -2.23. The van der Waals surface area contributed by atoms with Gasteiger partial charge in [0.25, 0.3) is 5.91 Å². The molecule has 2 N–H and O–H groups in total. The van der Waals surface area contributed by atoms with Crippen LogP contribution in [0.2, 0.25) is 0 Å². The van der Waals surface area contributed by atoms with Crippen molar-refractivity contribution in [3.05, 3.63) is 78.0 Å². The van der Waals surface area contributed by atoms with Gasteiger partial charge in [-0.25, -0.2) is 4.68 Å². The molecule has 6 heteroatoms. The number of amides is 2. The van der Waals surface area contributed by atoms with Crippen molar-refractivity contribution in [3.8, 4) is 5.69 Å². The minimum Gasteiger partial charge on any atom is -0.347 e. The van der Waals surface area contributed by atoms with Crippen molar-refractivity contribution in [2.75, 3.05) is 5.32 Å². The van der Waals surface area contributed by atoms with E-state index in [0.29, 0.717) is 12.4 Å². The van der Waals surface area contributed by atoms with E-state index in [0.717, 1.165) is 11.3 Å². The van der Waals surface area contributed by atoms with Crippen molar-refractivity contribution in [1.82, 2.24) is 15.1 Å². The topological polar surface area (TPSA) is 76.0 Å². The summed E-state index contributed by atoms with van der Waals surface area (Å²) in [4.78, 5) is 23.8. The molecule has 6 nitrogen and oxygen atoms in total. The number of carbonyl (C=O) groups excluding carboxylic acids is 2. The molecule has 3 rings (SSSR count). The molecule has 2 aromatic carbocycles. The fourth-order valence-corrected chi connectivity index (χ4v) is 2.40. The average Bonchev–Trinajstić information content (AvgIpc) is 3.04. The Morgan fingerprint density at radius 1 is 1.00 bits per heavy atom. The Morgan fingerprint density at radius 2 is 1.64 bits per heavy atom. The summed E-state index contributed by atoms with van der Waals surface area (Å²) in [7, 11) is 0. The predicted molar refractivity (Wildman–Crippen MR) is 95.5 cm³/mol. The Kier molecular flexibility index (Phi) is 4.89. The van der Waals surface area contributed by atoms with Crippen LogP contribution >= 0.6 is 0 Å². The molecule has 0 aliphatic rings. The number of nitrogens with zero attached hydrogens (tertiary/aromatic N) is 2. The van der Waals surface area contributed by atoms with Crippen LogP contribution in [0.3, 0.4) is 0 Å². The molecule has 0 atom stereocenters. The van der Waals surface area contributed by atoms with Crippen molar-refractivity contribution in [3.63, 3.8) is 0 Å². The lowest BCUT2D eigenvalue weighted by Gasteiger charge is -2.06. The van der Waals surface area contributed by atoms with Gasteiger partial charge in [0.05, 0.1) is 5.69 Å². The van der Waals surface area contributed by atoms with Crippen molar-refractivity contribution in [1.29, 1.82) is 0 Å². The van der Waals surface area contributed by atoms with Gasteiger partial charge in [-0.15, -0.1) is 0 Å². The molecule has 0 fully saturated rings. The molecule has 3 aromatic rings. The lowest BCUT2D eigenvalue weighted by molar-refractivity contribution is -0.114. The normalized spacial score (nSPS) is 10.3. The van der Waals surface area contributed by atoms with Crippen LogP contribution in [0, 0.1) is 0 Å². The number of para-hydroxylation sites is 1. The molecule has 0 bridgehead atoms. The number of aromatic nitrogens is 2. The maximum atomic E-state index is 12.4. The number of anilines is 1. The zero-order valence-corrected chi connectivity index (χ0v) is 13.8. The molecule has 2 amide bonds. The van der Waals surface area contributed by atoms with E-state index in [-0.39, 0.29) is 17.5 Å². The van der Waals surface area contributed by atoms with Gasteiger partial charge in [-0.05, 0) is 17.7 Å². The quantitative estimate of drug-likeness (QED) is 0.753. The minimum atomic E-state index is -0.301. The van der Waals surface area contributed by atoms with Gasteiger partial charge in [0.2, 0.25) is 5.91 Å². The molecule has 0 aliphatic carbocycles. The van der Waals surface area contributed by atoms with Crippen LogP contribution in [0.4, 0.5) is 5.82 Å². The van der Waals surface area contributed by atoms with Crippen LogP contribution in [-0.4, -0.2) is 21.6 Å². The van der Waals surface area contributed by atoms with Crippen LogP contribution < -0.4 is 10.6 Å². The molecular formula is C19H18N4O2. The summed E-state index contributed by atoms with van der Waals surface area (Å²) in [5, 5.41) is 9.87. The Labute approximate surface area is 145 Å². The minimum absolute atomic E-state index is 0.228. The van der Waals surface area contributed by atoms with Crippen LogP contribution in [-0.2, 0) is 11.3 Å². The highest BCUT2D eigenvalue weighted by Crippen LogP contribution is 2.17. The van der Waals surface area contributed by atoms with E-state index in [1.165, 1.54) is 6.92 Å². The van der Waals surface area contributed by atoms with E-state index >= 15 is 0 Å². The maximum Gasteiger partial charge on any atom is 0.272 e. The van der Waals surface area contributed by atoms with Crippen molar-refractivity contribution in [2.45, 2.75) is 13.5 Å². The second kappa shape index (κ2) is 7.44. The van der Waals surface area contributed by atoms with Gasteiger partial charge in [-0.1, -0.05) is 48.5 Å². The summed E-state index contributed by atoms with van der Waals surface area (Å²) in [6.45, 7) is 1.82. The first-order chi connectivity index (χ1) is 12.1. The zero-order chi connectivity index (χ0) is 17.6. The van der Waals surface area contributed by atoms with Crippen molar-refractivity contribution >= 4 is 17.6 Å². The molecule has 0 saturated carbocycles. The van der Waals surface area contributed by atoms with Crippen LogP contribution in [0.5, 0.6) is 0 Å². The van der Waals surface area contributed by atoms with Gasteiger partial charge in [0.1, 0.15) is 5.82 Å². The molecule has 0 radical (unpaired) electrons. The van der Waals surface area contributed by atoms with E-state index in [4.69, 9.17) is 0 Å². The lowest BCUT2D eigenvalue weighted by atomic mass is 10.2. The number of carbonyl (C=O) groups is 2. The highest BCUT2D eigenvalue weighted by Gasteiger charge is 2.16. The molecular weight excluding hydrogens is 316 g/mol. The van der Waals surface area contributed by atoms with Crippen LogP contribution in [0.25, 0.3) is 5.69 Å². The second-order valence-corrected chi connectivity index (χ2v) is 5.51. The average molecular weight is 334 g/mol. The summed E-state index contributed by atoms with van der Waals surface area (Å²) in [6.07, 6.45) is 0. The first-order valence-electron chi connectivity index (χ1n) is 7.88. The van der Waals surface area contributed by atoms with E-state index in [1.807, 2.05) is 60.7 Å². The maximum absolute atomic E-state index is 12.4. The Bertz CT molecular complexity index is 873. The number of hydrogen-bond donors (Lipinski definition) is 2. The molecule has 126 valence electrons. The zero-order valence-electron chi connectivity index (χ0n) is 13.8. The van der Waals surface area contributed by atoms with Crippen LogP contribution in [0.1, 0.15) is 23.0 Å². The first kappa shape index (κ1) is 16.4. The summed E-state index contributed by atoms with van der Waals surface area (Å²) in [5.41, 5.74) is 2.00. The number of hydrogen-bond acceptors (Lipinski definition) is 3. The predicted octanol–water partition coefficient (Wildman–Crippen LogP) is 2.76.